The first kappa shape index (κ1) is 16.1. The molecule has 0 spiro atoms. The van der Waals surface area contributed by atoms with Gasteiger partial charge in [0.2, 0.25) is 0 Å². The molecule has 26 heavy (non-hydrogen) atoms. The van der Waals surface area contributed by atoms with Gasteiger partial charge in [-0.15, -0.1) is 0 Å². The van der Waals surface area contributed by atoms with Gasteiger partial charge in [0.15, 0.2) is 0 Å². The molecule has 2 aromatic carbocycles. The highest BCUT2D eigenvalue weighted by Crippen LogP contribution is 2.31. The summed E-state index contributed by atoms with van der Waals surface area (Å²) in [4.78, 5) is 8.57. The lowest BCUT2D eigenvalue weighted by atomic mass is 10.1. The summed E-state index contributed by atoms with van der Waals surface area (Å²) in [6.07, 6.45) is 1.47. The third-order valence-corrected chi connectivity index (χ3v) is 4.22. The Morgan fingerprint density at radius 2 is 1.77 bits per heavy atom. The number of hydrogen-bond acceptors (Lipinski definition) is 6. The molecule has 2 heterocycles. The highest BCUT2D eigenvalue weighted by Gasteiger charge is 2.16. The summed E-state index contributed by atoms with van der Waals surface area (Å²) in [7, 11) is 1.66. The van der Waals surface area contributed by atoms with Crippen LogP contribution in [0.15, 0.2) is 59.4 Å². The molecule has 0 atom stereocenters. The van der Waals surface area contributed by atoms with Crippen molar-refractivity contribution in [1.29, 1.82) is 0 Å². The molecule has 0 saturated carbocycles. The average molecular weight is 346 g/mol. The van der Waals surface area contributed by atoms with E-state index in [1.165, 1.54) is 11.9 Å². The predicted molar refractivity (Wildman–Crippen MR) is 100 cm³/mol. The highest BCUT2D eigenvalue weighted by molar-refractivity contribution is 5.97. The molecule has 0 fully saturated rings. The molecular formula is C20H18N4O2. The van der Waals surface area contributed by atoms with Crippen molar-refractivity contribution in [3.63, 3.8) is 0 Å². The Balaban J connectivity index is 1.66. The minimum Gasteiger partial charge on any atom is -0.497 e. The van der Waals surface area contributed by atoms with Crippen molar-refractivity contribution in [3.05, 3.63) is 66.0 Å². The maximum absolute atomic E-state index is 5.40. The zero-order chi connectivity index (χ0) is 17.9. The van der Waals surface area contributed by atoms with Gasteiger partial charge in [-0.25, -0.2) is 4.98 Å². The topological polar surface area (TPSA) is 73.1 Å². The van der Waals surface area contributed by atoms with E-state index in [1.54, 1.807) is 7.11 Å². The van der Waals surface area contributed by atoms with Crippen molar-refractivity contribution in [1.82, 2.24) is 15.1 Å². The summed E-state index contributed by atoms with van der Waals surface area (Å²) in [6.45, 7) is 2.67. The average Bonchev–Trinajstić information content (AvgIpc) is 3.12. The first-order valence-electron chi connectivity index (χ1n) is 8.29. The largest absolute Gasteiger partial charge is 0.497 e. The van der Waals surface area contributed by atoms with E-state index >= 15 is 0 Å². The second-order valence-electron chi connectivity index (χ2n) is 6.00. The van der Waals surface area contributed by atoms with Crippen molar-refractivity contribution in [3.8, 4) is 17.0 Å². The maximum atomic E-state index is 5.40. The van der Waals surface area contributed by atoms with E-state index in [4.69, 9.17) is 9.26 Å². The van der Waals surface area contributed by atoms with Crippen LogP contribution in [0.3, 0.4) is 0 Å². The van der Waals surface area contributed by atoms with Gasteiger partial charge < -0.3 is 14.6 Å². The number of hydrogen-bond donors (Lipinski definition) is 1. The molecule has 0 aliphatic rings. The lowest BCUT2D eigenvalue weighted by Gasteiger charge is -2.08. The number of nitrogens with zero attached hydrogens (tertiary/aromatic N) is 3. The molecule has 4 rings (SSSR count). The quantitative estimate of drug-likeness (QED) is 0.583. The van der Waals surface area contributed by atoms with Gasteiger partial charge in [0, 0.05) is 12.1 Å². The zero-order valence-corrected chi connectivity index (χ0v) is 14.6. The van der Waals surface area contributed by atoms with Gasteiger partial charge in [0.05, 0.1) is 7.11 Å². The van der Waals surface area contributed by atoms with E-state index in [9.17, 15) is 0 Å². The van der Waals surface area contributed by atoms with E-state index in [-0.39, 0.29) is 0 Å². The summed E-state index contributed by atoms with van der Waals surface area (Å²) >= 11 is 0. The van der Waals surface area contributed by atoms with Crippen LogP contribution in [0.25, 0.3) is 22.4 Å². The Labute approximate surface area is 150 Å². The Hall–Kier alpha value is -3.41. The van der Waals surface area contributed by atoms with Crippen molar-refractivity contribution in [2.24, 2.45) is 0 Å². The van der Waals surface area contributed by atoms with Crippen molar-refractivity contribution in [2.75, 3.05) is 12.4 Å². The van der Waals surface area contributed by atoms with E-state index in [0.29, 0.717) is 18.1 Å². The second kappa shape index (κ2) is 6.84. The number of rotatable bonds is 5. The number of ether oxygens (including phenoxy) is 1. The van der Waals surface area contributed by atoms with Crippen molar-refractivity contribution in [2.45, 2.75) is 13.5 Å². The van der Waals surface area contributed by atoms with E-state index in [2.05, 4.69) is 27.4 Å². The fraction of sp³-hybridized carbons (Fsp3) is 0.150. The summed E-state index contributed by atoms with van der Waals surface area (Å²) < 4.78 is 10.6. The Morgan fingerprint density at radius 1 is 1.00 bits per heavy atom. The molecular weight excluding hydrogens is 328 g/mol. The van der Waals surface area contributed by atoms with Gasteiger partial charge in [0.25, 0.3) is 5.71 Å². The molecule has 130 valence electrons. The van der Waals surface area contributed by atoms with E-state index < -0.39 is 0 Å². The molecule has 0 radical (unpaired) electrons. The molecule has 6 heteroatoms. The van der Waals surface area contributed by atoms with Crippen LogP contribution in [-0.4, -0.2) is 22.2 Å². The van der Waals surface area contributed by atoms with E-state index in [1.807, 2.05) is 48.5 Å². The number of benzene rings is 2. The lowest BCUT2D eigenvalue weighted by molar-refractivity contribution is 0.414. The van der Waals surface area contributed by atoms with Crippen LogP contribution in [0.5, 0.6) is 5.75 Å². The maximum Gasteiger partial charge on any atom is 0.263 e. The van der Waals surface area contributed by atoms with Gasteiger partial charge >= 0.3 is 0 Å². The fourth-order valence-electron chi connectivity index (χ4n) is 2.76. The van der Waals surface area contributed by atoms with Gasteiger partial charge in [-0.1, -0.05) is 47.1 Å². The third-order valence-electron chi connectivity index (χ3n) is 4.22. The van der Waals surface area contributed by atoms with Crippen LogP contribution < -0.4 is 10.1 Å². The first-order valence-corrected chi connectivity index (χ1v) is 8.29. The molecule has 0 aliphatic carbocycles. The van der Waals surface area contributed by atoms with Crippen LogP contribution in [0.1, 0.15) is 11.1 Å². The summed E-state index contributed by atoms with van der Waals surface area (Å²) in [5.74, 6) is 1.53. The minimum absolute atomic E-state index is 0.466. The standard InChI is InChI=1S/C20H18N4O2/c1-13-3-7-15(8-4-13)18-17-19(22-12-23-20(17)26-24-18)21-11-14-5-9-16(25-2)10-6-14/h3-10,12H,11H2,1-2H3,(H,21,22,23). The molecule has 1 N–H and O–H groups in total. The van der Waals surface area contributed by atoms with Crippen LogP contribution in [-0.2, 0) is 6.54 Å². The molecule has 4 aromatic rings. The molecule has 2 aromatic heterocycles. The molecule has 0 aliphatic heterocycles. The number of aryl methyl sites for hydroxylation is 1. The van der Waals surface area contributed by atoms with Crippen molar-refractivity contribution < 1.29 is 9.26 Å². The van der Waals surface area contributed by atoms with Gasteiger partial charge in [-0.2, -0.15) is 4.98 Å². The normalized spacial score (nSPS) is 10.8. The predicted octanol–water partition coefficient (Wildman–Crippen LogP) is 4.21. The van der Waals surface area contributed by atoms with Crippen LogP contribution in [0.2, 0.25) is 0 Å². The summed E-state index contributed by atoms with van der Waals surface area (Å²) in [5, 5.41) is 8.34. The monoisotopic (exact) mass is 346 g/mol. The number of fused-ring (bicyclic) bond motifs is 1. The lowest BCUT2D eigenvalue weighted by Crippen LogP contribution is -2.02. The Morgan fingerprint density at radius 3 is 2.50 bits per heavy atom. The Kier molecular flexibility index (Phi) is 4.23. The number of anilines is 1. The SMILES string of the molecule is COc1ccc(CNc2ncnc3onc(-c4ccc(C)cc4)c23)cc1. The molecule has 6 nitrogen and oxygen atoms in total. The second-order valence-corrected chi connectivity index (χ2v) is 6.00. The molecule has 0 bridgehead atoms. The highest BCUT2D eigenvalue weighted by atomic mass is 16.5. The van der Waals surface area contributed by atoms with Gasteiger partial charge in [-0.3, -0.25) is 0 Å². The fourth-order valence-corrected chi connectivity index (χ4v) is 2.76. The Bertz CT molecular complexity index is 1020. The molecule has 0 amide bonds. The summed E-state index contributed by atoms with van der Waals surface area (Å²) in [6, 6.07) is 16.0. The number of methoxy groups -OCH3 is 1. The van der Waals surface area contributed by atoms with Crippen LogP contribution in [0, 0.1) is 6.92 Å². The van der Waals surface area contributed by atoms with Crippen molar-refractivity contribution >= 4 is 16.9 Å². The van der Waals surface area contributed by atoms with Crippen LogP contribution in [0.4, 0.5) is 5.82 Å². The van der Waals surface area contributed by atoms with Crippen LogP contribution >= 0.6 is 0 Å². The number of aromatic nitrogens is 3. The van der Waals surface area contributed by atoms with Gasteiger partial charge in [0.1, 0.15) is 29.0 Å². The molecule has 0 unspecified atom stereocenters. The zero-order valence-electron chi connectivity index (χ0n) is 14.6. The van der Waals surface area contributed by atoms with Gasteiger partial charge in [-0.05, 0) is 24.6 Å². The van der Waals surface area contributed by atoms with E-state index in [0.717, 1.165) is 28.0 Å². The smallest absolute Gasteiger partial charge is 0.263 e. The minimum atomic E-state index is 0.466. The first-order chi connectivity index (χ1) is 12.7. The summed E-state index contributed by atoms with van der Waals surface area (Å²) in [5.41, 5.74) is 4.48. The molecule has 0 saturated heterocycles. The number of nitrogens with one attached hydrogen (secondary N) is 1. The third kappa shape index (κ3) is 3.09.